The molecule has 94 valence electrons. The molecule has 1 unspecified atom stereocenters. The number of benzene rings is 1. The van der Waals surface area contributed by atoms with Crippen LogP contribution < -0.4 is 10.0 Å². The molecule has 3 N–H and O–H groups in total. The van der Waals surface area contributed by atoms with Gasteiger partial charge >= 0.3 is 0 Å². The highest BCUT2D eigenvalue weighted by atomic mass is 32.2. The van der Waals surface area contributed by atoms with Gasteiger partial charge < -0.3 is 10.8 Å². The minimum absolute atomic E-state index is 0.161. The van der Waals surface area contributed by atoms with Crippen LogP contribution in [0.2, 0.25) is 0 Å². The summed E-state index contributed by atoms with van der Waals surface area (Å²) in [4.78, 5) is 0. The topological polar surface area (TPSA) is 83.6 Å². The average molecular weight is 256 g/mol. The van der Waals surface area contributed by atoms with E-state index in [9.17, 15) is 13.5 Å². The molecular weight excluding hydrogens is 240 g/mol. The number of rotatable bonds is 3. The Bertz CT molecular complexity index is 528. The van der Waals surface area contributed by atoms with Crippen molar-refractivity contribution < 1.29 is 13.5 Å². The molecule has 0 amide bonds. The Balaban J connectivity index is 2.39. The average Bonchev–Trinajstić information content (AvgIpc) is 2.70. The van der Waals surface area contributed by atoms with E-state index in [1.54, 1.807) is 12.1 Å². The van der Waals surface area contributed by atoms with Gasteiger partial charge in [0.25, 0.3) is 0 Å². The van der Waals surface area contributed by atoms with Crippen molar-refractivity contribution in [3.8, 4) is 0 Å². The van der Waals surface area contributed by atoms with Crippen LogP contribution in [0.1, 0.15) is 17.2 Å². The van der Waals surface area contributed by atoms with E-state index in [4.69, 9.17) is 5.73 Å². The molecule has 0 radical (unpaired) electrons. The van der Waals surface area contributed by atoms with Gasteiger partial charge in [-0.15, -0.1) is 0 Å². The van der Waals surface area contributed by atoms with Crippen LogP contribution in [-0.4, -0.2) is 32.9 Å². The number of fused-ring (bicyclic) bond motifs is 1. The summed E-state index contributed by atoms with van der Waals surface area (Å²) in [5, 5.41) is 9.63. The molecule has 0 aromatic heterocycles. The van der Waals surface area contributed by atoms with Crippen molar-refractivity contribution in [2.45, 2.75) is 12.5 Å². The third-order valence-electron chi connectivity index (χ3n) is 2.96. The van der Waals surface area contributed by atoms with Gasteiger partial charge in [-0.25, -0.2) is 8.42 Å². The molecular formula is C11H16N2O3S. The van der Waals surface area contributed by atoms with Crippen LogP contribution in [0.25, 0.3) is 0 Å². The maximum Gasteiger partial charge on any atom is 0.232 e. The molecule has 0 saturated heterocycles. The fraction of sp³-hybridized carbons (Fsp3) is 0.455. The second-order valence-electron chi connectivity index (χ2n) is 4.22. The van der Waals surface area contributed by atoms with Crippen LogP contribution in [-0.2, 0) is 16.4 Å². The fourth-order valence-corrected chi connectivity index (χ4v) is 3.04. The second kappa shape index (κ2) is 4.29. The van der Waals surface area contributed by atoms with Gasteiger partial charge in [0.05, 0.1) is 18.0 Å². The minimum Gasteiger partial charge on any atom is -0.387 e. The summed E-state index contributed by atoms with van der Waals surface area (Å²) in [5.74, 6) is 0. The number of nitrogens with zero attached hydrogens (tertiary/aromatic N) is 1. The summed E-state index contributed by atoms with van der Waals surface area (Å²) in [5.41, 5.74) is 7.78. The number of aliphatic hydroxyl groups excluding tert-OH is 1. The third-order valence-corrected chi connectivity index (χ3v) is 4.14. The second-order valence-corrected chi connectivity index (χ2v) is 6.13. The largest absolute Gasteiger partial charge is 0.387 e. The smallest absolute Gasteiger partial charge is 0.232 e. The maximum atomic E-state index is 11.5. The molecule has 0 saturated carbocycles. The van der Waals surface area contributed by atoms with E-state index in [1.807, 2.05) is 6.07 Å². The molecule has 0 aliphatic carbocycles. The van der Waals surface area contributed by atoms with Crippen molar-refractivity contribution >= 4 is 15.7 Å². The van der Waals surface area contributed by atoms with Crippen LogP contribution in [0.5, 0.6) is 0 Å². The number of hydrogen-bond donors (Lipinski definition) is 2. The lowest BCUT2D eigenvalue weighted by Crippen LogP contribution is -2.27. The summed E-state index contributed by atoms with van der Waals surface area (Å²) in [6.07, 6.45) is 1.19. The molecule has 1 aromatic carbocycles. The Morgan fingerprint density at radius 1 is 1.53 bits per heavy atom. The monoisotopic (exact) mass is 256 g/mol. The highest BCUT2D eigenvalue weighted by molar-refractivity contribution is 7.92. The molecule has 1 atom stereocenters. The molecule has 1 aliphatic heterocycles. The summed E-state index contributed by atoms with van der Waals surface area (Å²) >= 11 is 0. The Hall–Kier alpha value is -1.11. The number of anilines is 1. The molecule has 0 bridgehead atoms. The molecule has 1 aromatic rings. The zero-order valence-corrected chi connectivity index (χ0v) is 10.4. The van der Waals surface area contributed by atoms with Crippen molar-refractivity contribution in [2.24, 2.45) is 5.73 Å². The van der Waals surface area contributed by atoms with Crippen LogP contribution in [0, 0.1) is 0 Å². The van der Waals surface area contributed by atoms with Crippen molar-refractivity contribution in [3.63, 3.8) is 0 Å². The Labute approximate surface area is 101 Å². The molecule has 5 nitrogen and oxygen atoms in total. The highest BCUT2D eigenvalue weighted by Crippen LogP contribution is 2.31. The predicted octanol–water partition coefficient (Wildman–Crippen LogP) is 0.000800. The number of aliphatic hydroxyl groups is 1. The third kappa shape index (κ3) is 2.29. The van der Waals surface area contributed by atoms with Crippen LogP contribution in [0.4, 0.5) is 5.69 Å². The lowest BCUT2D eigenvalue weighted by molar-refractivity contribution is 0.186. The molecule has 6 heteroatoms. The maximum absolute atomic E-state index is 11.5. The van der Waals surface area contributed by atoms with E-state index in [0.29, 0.717) is 18.7 Å². The summed E-state index contributed by atoms with van der Waals surface area (Å²) in [7, 11) is -3.21. The van der Waals surface area contributed by atoms with Crippen LogP contribution in [0.3, 0.4) is 0 Å². The molecule has 1 heterocycles. The van der Waals surface area contributed by atoms with Crippen molar-refractivity contribution in [1.82, 2.24) is 0 Å². The van der Waals surface area contributed by atoms with E-state index >= 15 is 0 Å². The van der Waals surface area contributed by atoms with Crippen LogP contribution in [0.15, 0.2) is 18.2 Å². The van der Waals surface area contributed by atoms with Crippen molar-refractivity contribution in [2.75, 3.05) is 23.7 Å². The van der Waals surface area contributed by atoms with E-state index in [2.05, 4.69) is 0 Å². The van der Waals surface area contributed by atoms with Gasteiger partial charge in [-0.05, 0) is 23.6 Å². The first-order valence-electron chi connectivity index (χ1n) is 5.42. The zero-order valence-electron chi connectivity index (χ0n) is 9.63. The molecule has 17 heavy (non-hydrogen) atoms. The van der Waals surface area contributed by atoms with Gasteiger partial charge in [0.2, 0.25) is 10.0 Å². The summed E-state index contributed by atoms with van der Waals surface area (Å²) in [6, 6.07) is 5.29. The standard InChI is InChI=1S/C11H16N2O3S/c1-17(15,16)13-5-4-8-6-9(11(14)7-12)2-3-10(8)13/h2-3,6,11,14H,4-5,7,12H2,1H3. The SMILES string of the molecule is CS(=O)(=O)N1CCc2cc(C(O)CN)ccc21. The Morgan fingerprint density at radius 3 is 2.82 bits per heavy atom. The number of hydrogen-bond acceptors (Lipinski definition) is 4. The normalized spacial score (nSPS) is 17.0. The van der Waals surface area contributed by atoms with E-state index in [0.717, 1.165) is 11.1 Å². The van der Waals surface area contributed by atoms with Gasteiger partial charge in [0, 0.05) is 13.1 Å². The quantitative estimate of drug-likeness (QED) is 0.797. The molecule has 2 rings (SSSR count). The van der Waals surface area contributed by atoms with Crippen LogP contribution >= 0.6 is 0 Å². The highest BCUT2D eigenvalue weighted by Gasteiger charge is 2.26. The van der Waals surface area contributed by atoms with Gasteiger partial charge in [0.1, 0.15) is 0 Å². The van der Waals surface area contributed by atoms with Gasteiger partial charge in [0.15, 0.2) is 0 Å². The number of nitrogens with two attached hydrogens (primary N) is 1. The predicted molar refractivity (Wildman–Crippen MR) is 66.4 cm³/mol. The van der Waals surface area contributed by atoms with Gasteiger partial charge in [-0.3, -0.25) is 4.31 Å². The fourth-order valence-electron chi connectivity index (χ4n) is 2.08. The Morgan fingerprint density at radius 2 is 2.24 bits per heavy atom. The first kappa shape index (κ1) is 12.3. The first-order chi connectivity index (χ1) is 7.93. The van der Waals surface area contributed by atoms with Crippen molar-refractivity contribution in [1.29, 1.82) is 0 Å². The summed E-state index contributed by atoms with van der Waals surface area (Å²) in [6.45, 7) is 0.630. The zero-order chi connectivity index (χ0) is 12.6. The van der Waals surface area contributed by atoms with Crippen molar-refractivity contribution in [3.05, 3.63) is 29.3 Å². The first-order valence-corrected chi connectivity index (χ1v) is 7.27. The molecule has 1 aliphatic rings. The summed E-state index contributed by atoms with van der Waals surface area (Å²) < 4.78 is 24.4. The lowest BCUT2D eigenvalue weighted by atomic mass is 10.0. The minimum atomic E-state index is -3.21. The lowest BCUT2D eigenvalue weighted by Gasteiger charge is -2.17. The van der Waals surface area contributed by atoms with E-state index < -0.39 is 16.1 Å². The molecule has 0 fully saturated rings. The van der Waals surface area contributed by atoms with E-state index in [1.165, 1.54) is 10.6 Å². The van der Waals surface area contributed by atoms with Gasteiger partial charge in [-0.2, -0.15) is 0 Å². The van der Waals surface area contributed by atoms with Gasteiger partial charge in [-0.1, -0.05) is 12.1 Å². The van der Waals surface area contributed by atoms with E-state index in [-0.39, 0.29) is 6.54 Å². The molecule has 0 spiro atoms. The number of sulfonamides is 1. The Kier molecular flexibility index (Phi) is 3.11.